The van der Waals surface area contributed by atoms with Gasteiger partial charge in [-0.25, -0.2) is 0 Å². The Kier molecular flexibility index (Phi) is 3.48. The van der Waals surface area contributed by atoms with Crippen LogP contribution in [0.5, 0.6) is 5.75 Å². The average Bonchev–Trinajstić information content (AvgIpc) is 2.39. The van der Waals surface area contributed by atoms with Crippen LogP contribution in [-0.4, -0.2) is 7.11 Å². The van der Waals surface area contributed by atoms with Crippen LogP contribution in [0.25, 0.3) is 0 Å². The molecule has 0 fully saturated rings. The first-order valence-corrected chi connectivity index (χ1v) is 5.92. The summed E-state index contributed by atoms with van der Waals surface area (Å²) < 4.78 is 5.29. The lowest BCUT2D eigenvalue weighted by Crippen LogP contribution is -1.97. The summed E-state index contributed by atoms with van der Waals surface area (Å²) in [5.74, 6) is 1.37. The zero-order valence-corrected chi connectivity index (χ0v) is 10.6. The van der Waals surface area contributed by atoms with Crippen LogP contribution in [0.15, 0.2) is 48.5 Å². The molecule has 0 N–H and O–H groups in total. The van der Waals surface area contributed by atoms with Crippen molar-refractivity contribution in [3.05, 3.63) is 65.2 Å². The number of aryl methyl sites for hydroxylation is 1. The van der Waals surface area contributed by atoms with Gasteiger partial charge in [0.25, 0.3) is 0 Å². The van der Waals surface area contributed by atoms with Gasteiger partial charge in [0.15, 0.2) is 0 Å². The molecule has 0 aliphatic rings. The fourth-order valence-electron chi connectivity index (χ4n) is 2.11. The fourth-order valence-corrected chi connectivity index (χ4v) is 2.11. The first-order chi connectivity index (χ1) is 8.22. The van der Waals surface area contributed by atoms with Gasteiger partial charge in [0.05, 0.1) is 7.11 Å². The monoisotopic (exact) mass is 226 g/mol. The Labute approximate surface area is 103 Å². The molecule has 0 aliphatic heterocycles. The van der Waals surface area contributed by atoms with E-state index in [-0.39, 0.29) is 0 Å². The molecule has 0 saturated heterocycles. The topological polar surface area (TPSA) is 9.23 Å². The van der Waals surface area contributed by atoms with Crippen molar-refractivity contribution in [2.45, 2.75) is 19.8 Å². The molecule has 0 heterocycles. The number of hydrogen-bond acceptors (Lipinski definition) is 1. The predicted molar refractivity (Wildman–Crippen MR) is 71.7 cm³/mol. The van der Waals surface area contributed by atoms with Crippen LogP contribution in [0, 0.1) is 6.92 Å². The number of rotatable bonds is 3. The molecule has 0 spiro atoms. The minimum atomic E-state index is 0.417. The maximum absolute atomic E-state index is 5.29. The van der Waals surface area contributed by atoms with Crippen LogP contribution in [-0.2, 0) is 0 Å². The number of ether oxygens (including phenoxy) is 1. The molecule has 0 radical (unpaired) electrons. The van der Waals surface area contributed by atoms with Gasteiger partial charge >= 0.3 is 0 Å². The van der Waals surface area contributed by atoms with Crippen molar-refractivity contribution in [1.82, 2.24) is 0 Å². The van der Waals surface area contributed by atoms with Gasteiger partial charge in [-0.05, 0) is 29.7 Å². The molecule has 0 bridgehead atoms. The SMILES string of the molecule is COc1ccc(C(C)c2ccccc2)cc1C. The van der Waals surface area contributed by atoms with E-state index in [9.17, 15) is 0 Å². The lowest BCUT2D eigenvalue weighted by molar-refractivity contribution is 0.411. The van der Waals surface area contributed by atoms with E-state index in [0.717, 1.165) is 5.75 Å². The Morgan fingerprint density at radius 3 is 2.24 bits per heavy atom. The molecule has 17 heavy (non-hydrogen) atoms. The van der Waals surface area contributed by atoms with Crippen molar-refractivity contribution in [3.63, 3.8) is 0 Å². The third-order valence-corrected chi connectivity index (χ3v) is 3.22. The molecule has 0 aliphatic carbocycles. The molecule has 0 aromatic heterocycles. The van der Waals surface area contributed by atoms with Gasteiger partial charge in [0, 0.05) is 5.92 Å². The quantitative estimate of drug-likeness (QED) is 0.763. The summed E-state index contributed by atoms with van der Waals surface area (Å²) >= 11 is 0. The maximum Gasteiger partial charge on any atom is 0.121 e. The predicted octanol–water partition coefficient (Wildman–Crippen LogP) is 4.16. The highest BCUT2D eigenvalue weighted by molar-refractivity contribution is 5.40. The summed E-state index contributed by atoms with van der Waals surface area (Å²) in [4.78, 5) is 0. The van der Waals surface area contributed by atoms with Crippen molar-refractivity contribution < 1.29 is 4.74 Å². The minimum absolute atomic E-state index is 0.417. The summed E-state index contributed by atoms with van der Waals surface area (Å²) in [6, 6.07) is 17.0. The van der Waals surface area contributed by atoms with E-state index in [1.54, 1.807) is 7.11 Å². The Morgan fingerprint density at radius 2 is 1.65 bits per heavy atom. The van der Waals surface area contributed by atoms with Gasteiger partial charge < -0.3 is 4.74 Å². The maximum atomic E-state index is 5.29. The van der Waals surface area contributed by atoms with E-state index in [4.69, 9.17) is 4.74 Å². The minimum Gasteiger partial charge on any atom is -0.496 e. The van der Waals surface area contributed by atoms with Crippen LogP contribution in [0.4, 0.5) is 0 Å². The van der Waals surface area contributed by atoms with Crippen LogP contribution < -0.4 is 4.74 Å². The first-order valence-electron chi connectivity index (χ1n) is 5.92. The third kappa shape index (κ3) is 2.50. The Hall–Kier alpha value is -1.76. The highest BCUT2D eigenvalue weighted by Gasteiger charge is 2.09. The second kappa shape index (κ2) is 5.05. The average molecular weight is 226 g/mol. The molecule has 2 aromatic rings. The Balaban J connectivity index is 2.32. The summed E-state index contributed by atoms with van der Waals surface area (Å²) in [5, 5.41) is 0. The normalized spacial score (nSPS) is 12.2. The lowest BCUT2D eigenvalue weighted by atomic mass is 9.92. The highest BCUT2D eigenvalue weighted by atomic mass is 16.5. The zero-order valence-electron chi connectivity index (χ0n) is 10.6. The van der Waals surface area contributed by atoms with E-state index in [1.807, 2.05) is 6.07 Å². The van der Waals surface area contributed by atoms with E-state index in [2.05, 4.69) is 56.3 Å². The zero-order chi connectivity index (χ0) is 12.3. The van der Waals surface area contributed by atoms with Crippen LogP contribution in [0.1, 0.15) is 29.5 Å². The van der Waals surface area contributed by atoms with Crippen LogP contribution >= 0.6 is 0 Å². The first kappa shape index (κ1) is 11.7. The van der Waals surface area contributed by atoms with Crippen LogP contribution in [0.3, 0.4) is 0 Å². The molecule has 1 atom stereocenters. The molecule has 1 nitrogen and oxygen atoms in total. The molecule has 88 valence electrons. The van der Waals surface area contributed by atoms with E-state index < -0.39 is 0 Å². The molecule has 2 rings (SSSR count). The smallest absolute Gasteiger partial charge is 0.121 e. The summed E-state index contributed by atoms with van der Waals surface area (Å²) in [6.07, 6.45) is 0. The number of hydrogen-bond donors (Lipinski definition) is 0. The van der Waals surface area contributed by atoms with Crippen molar-refractivity contribution >= 4 is 0 Å². The van der Waals surface area contributed by atoms with Gasteiger partial charge in [0.2, 0.25) is 0 Å². The van der Waals surface area contributed by atoms with Crippen molar-refractivity contribution in [3.8, 4) is 5.75 Å². The van der Waals surface area contributed by atoms with Crippen LogP contribution in [0.2, 0.25) is 0 Å². The molecule has 0 saturated carbocycles. The van der Waals surface area contributed by atoms with Gasteiger partial charge in [0.1, 0.15) is 5.75 Å². The fraction of sp³-hybridized carbons (Fsp3) is 0.250. The number of methoxy groups -OCH3 is 1. The standard InChI is InChI=1S/C16H18O/c1-12-11-15(9-10-16(12)17-3)13(2)14-7-5-4-6-8-14/h4-11,13H,1-3H3. The van der Waals surface area contributed by atoms with Gasteiger partial charge in [-0.15, -0.1) is 0 Å². The van der Waals surface area contributed by atoms with Gasteiger partial charge in [-0.1, -0.05) is 49.4 Å². The lowest BCUT2D eigenvalue weighted by Gasteiger charge is -2.14. The third-order valence-electron chi connectivity index (χ3n) is 3.22. The summed E-state index contributed by atoms with van der Waals surface area (Å²) in [7, 11) is 1.71. The molecule has 2 aromatic carbocycles. The number of benzene rings is 2. The largest absolute Gasteiger partial charge is 0.496 e. The van der Waals surface area contributed by atoms with Crippen molar-refractivity contribution in [1.29, 1.82) is 0 Å². The Morgan fingerprint density at radius 1 is 0.941 bits per heavy atom. The second-order valence-corrected chi connectivity index (χ2v) is 4.36. The van der Waals surface area contributed by atoms with Gasteiger partial charge in [-0.3, -0.25) is 0 Å². The Bertz CT molecular complexity index is 488. The molecular formula is C16H18O. The summed E-state index contributed by atoms with van der Waals surface area (Å²) in [6.45, 7) is 4.32. The van der Waals surface area contributed by atoms with E-state index in [1.165, 1.54) is 16.7 Å². The molecule has 1 heteroatoms. The van der Waals surface area contributed by atoms with Crippen molar-refractivity contribution in [2.24, 2.45) is 0 Å². The summed E-state index contributed by atoms with van der Waals surface area (Å²) in [5.41, 5.74) is 3.86. The van der Waals surface area contributed by atoms with Gasteiger partial charge in [-0.2, -0.15) is 0 Å². The highest BCUT2D eigenvalue weighted by Crippen LogP contribution is 2.27. The van der Waals surface area contributed by atoms with E-state index >= 15 is 0 Å². The van der Waals surface area contributed by atoms with Crippen molar-refractivity contribution in [2.75, 3.05) is 7.11 Å². The molecular weight excluding hydrogens is 208 g/mol. The second-order valence-electron chi connectivity index (χ2n) is 4.36. The molecule has 1 unspecified atom stereocenters. The molecule has 0 amide bonds. The van der Waals surface area contributed by atoms with E-state index in [0.29, 0.717) is 5.92 Å².